The van der Waals surface area contributed by atoms with E-state index in [1.165, 1.54) is 34.0 Å². The van der Waals surface area contributed by atoms with Crippen LogP contribution in [-0.4, -0.2) is 123 Å². The molecule has 2 aliphatic heterocycles. The van der Waals surface area contributed by atoms with E-state index in [0.717, 1.165) is 5.69 Å². The molecular formula is C36H44N2O11. The van der Waals surface area contributed by atoms with E-state index in [1.54, 1.807) is 41.3 Å². The quantitative estimate of drug-likeness (QED) is 0.173. The first kappa shape index (κ1) is 35.8. The number of aliphatic hydroxyl groups is 4. The number of anilines is 1. The molecule has 0 spiro atoms. The maximum absolute atomic E-state index is 14.4. The van der Waals surface area contributed by atoms with Gasteiger partial charge in [-0.3, -0.25) is 4.79 Å². The Balaban J connectivity index is 1.51. The van der Waals surface area contributed by atoms with Gasteiger partial charge in [-0.15, -0.1) is 0 Å². The summed E-state index contributed by atoms with van der Waals surface area (Å²) in [6.45, 7) is 3.72. The van der Waals surface area contributed by atoms with Crippen LogP contribution in [0.1, 0.15) is 16.7 Å². The lowest BCUT2D eigenvalue weighted by molar-refractivity contribution is -0.277. The van der Waals surface area contributed by atoms with Crippen LogP contribution < -0.4 is 28.6 Å². The number of rotatable bonds is 11. The van der Waals surface area contributed by atoms with E-state index in [0.29, 0.717) is 60.1 Å². The van der Waals surface area contributed by atoms with E-state index in [1.807, 2.05) is 6.92 Å². The van der Waals surface area contributed by atoms with Gasteiger partial charge in [0.1, 0.15) is 24.4 Å². The minimum Gasteiger partial charge on any atom is -0.493 e. The van der Waals surface area contributed by atoms with Crippen LogP contribution >= 0.6 is 0 Å². The number of nitrogens with zero attached hydrogens (tertiary/aromatic N) is 2. The first-order valence-electron chi connectivity index (χ1n) is 15.9. The fraction of sp³-hybridized carbons (Fsp3) is 0.417. The molecule has 0 aliphatic carbocycles. The molecule has 2 aliphatic rings. The Labute approximate surface area is 285 Å². The average molecular weight is 681 g/mol. The van der Waals surface area contributed by atoms with Gasteiger partial charge in [0.05, 0.1) is 35.0 Å². The molecular weight excluding hydrogens is 636 g/mol. The lowest BCUT2D eigenvalue weighted by Gasteiger charge is -2.39. The summed E-state index contributed by atoms with van der Waals surface area (Å²) in [4.78, 5) is 18.4. The van der Waals surface area contributed by atoms with Gasteiger partial charge in [-0.2, -0.15) is 0 Å². The summed E-state index contributed by atoms with van der Waals surface area (Å²) in [7, 11) is 5.95. The molecule has 5 rings (SSSR count). The molecule has 0 bridgehead atoms. The standard InChI is InChI=1S/C36H44N2O11/c1-21-6-9-24(10-7-21)37-12-14-38(15-13-37)35(43)25(23-18-28(45-3)34(47-5)29(19-23)46-4)16-22-8-11-26(44-2)27(17-22)48-36-33(42)32(41)31(40)30(20-39)49-36/h6-11,16-19,30-33,36,39-42H,12-15,20H2,1-5H3/b25-16+/t30-,31-,32+,33-,36-/m0/s1. The van der Waals surface area contributed by atoms with Gasteiger partial charge in [-0.25, -0.2) is 0 Å². The number of piperazine rings is 1. The summed E-state index contributed by atoms with van der Waals surface area (Å²) < 4.78 is 33.7. The number of hydrogen-bond donors (Lipinski definition) is 4. The zero-order valence-electron chi connectivity index (χ0n) is 28.2. The van der Waals surface area contributed by atoms with Crippen molar-refractivity contribution in [2.45, 2.75) is 37.6 Å². The Morgan fingerprint density at radius 3 is 2.00 bits per heavy atom. The van der Waals surface area contributed by atoms with E-state index in [-0.39, 0.29) is 17.4 Å². The molecule has 1 amide bonds. The van der Waals surface area contributed by atoms with E-state index in [2.05, 4.69) is 29.2 Å². The van der Waals surface area contributed by atoms with Gasteiger partial charge in [0, 0.05) is 37.4 Å². The highest BCUT2D eigenvalue weighted by atomic mass is 16.7. The zero-order valence-corrected chi connectivity index (χ0v) is 28.2. The highest BCUT2D eigenvalue weighted by Gasteiger charge is 2.45. The summed E-state index contributed by atoms with van der Waals surface area (Å²) in [5.74, 6) is 1.32. The number of amides is 1. The van der Waals surface area contributed by atoms with Gasteiger partial charge in [0.15, 0.2) is 23.0 Å². The van der Waals surface area contributed by atoms with Crippen LogP contribution in [-0.2, 0) is 9.53 Å². The smallest absolute Gasteiger partial charge is 0.254 e. The second-order valence-corrected chi connectivity index (χ2v) is 11.8. The number of carbonyl (C=O) groups is 1. The van der Waals surface area contributed by atoms with Crippen molar-refractivity contribution in [3.8, 4) is 28.7 Å². The van der Waals surface area contributed by atoms with Gasteiger partial charge in [0.2, 0.25) is 12.0 Å². The highest BCUT2D eigenvalue weighted by Crippen LogP contribution is 2.41. The van der Waals surface area contributed by atoms with Gasteiger partial charge in [-0.1, -0.05) is 23.8 Å². The topological polar surface area (TPSA) is 160 Å². The molecule has 0 aromatic heterocycles. The van der Waals surface area contributed by atoms with Crippen molar-refractivity contribution in [1.82, 2.24) is 4.90 Å². The fourth-order valence-corrected chi connectivity index (χ4v) is 5.93. The minimum absolute atomic E-state index is 0.129. The molecule has 49 heavy (non-hydrogen) atoms. The molecule has 0 saturated carbocycles. The molecule has 13 heteroatoms. The minimum atomic E-state index is -1.63. The Bertz CT molecular complexity index is 1590. The molecule has 264 valence electrons. The third-order valence-corrected chi connectivity index (χ3v) is 8.76. The molecule has 5 atom stereocenters. The van der Waals surface area contributed by atoms with Crippen molar-refractivity contribution in [3.63, 3.8) is 0 Å². The van der Waals surface area contributed by atoms with E-state index in [9.17, 15) is 25.2 Å². The first-order chi connectivity index (χ1) is 23.6. The van der Waals surface area contributed by atoms with Crippen molar-refractivity contribution < 1.29 is 53.6 Å². The molecule has 2 heterocycles. The van der Waals surface area contributed by atoms with Crippen LogP contribution in [0.2, 0.25) is 0 Å². The molecule has 4 N–H and O–H groups in total. The molecule has 0 unspecified atom stereocenters. The lowest BCUT2D eigenvalue weighted by Crippen LogP contribution is -2.60. The maximum atomic E-state index is 14.4. The van der Waals surface area contributed by atoms with Crippen LogP contribution in [0.5, 0.6) is 28.7 Å². The van der Waals surface area contributed by atoms with Crippen LogP contribution in [0.3, 0.4) is 0 Å². The maximum Gasteiger partial charge on any atom is 0.254 e. The molecule has 3 aromatic rings. The van der Waals surface area contributed by atoms with Gasteiger partial charge in [0.25, 0.3) is 5.91 Å². The molecule has 3 aromatic carbocycles. The molecule has 13 nitrogen and oxygen atoms in total. The summed E-state index contributed by atoms with van der Waals surface area (Å²) >= 11 is 0. The second kappa shape index (κ2) is 15.8. The number of benzene rings is 3. The third-order valence-electron chi connectivity index (χ3n) is 8.76. The Kier molecular flexibility index (Phi) is 11.5. The normalized spacial score (nSPS) is 22.8. The number of ether oxygens (including phenoxy) is 6. The Morgan fingerprint density at radius 1 is 0.796 bits per heavy atom. The first-order valence-corrected chi connectivity index (χ1v) is 15.9. The number of hydrogen-bond acceptors (Lipinski definition) is 12. The molecule has 2 fully saturated rings. The summed E-state index contributed by atoms with van der Waals surface area (Å²) in [5, 5.41) is 40.7. The van der Waals surface area contributed by atoms with E-state index >= 15 is 0 Å². The van der Waals surface area contributed by atoms with Crippen LogP contribution in [0, 0.1) is 6.92 Å². The number of aryl methyl sites for hydroxylation is 1. The largest absolute Gasteiger partial charge is 0.493 e. The van der Waals surface area contributed by atoms with Crippen molar-refractivity contribution in [1.29, 1.82) is 0 Å². The summed E-state index contributed by atoms with van der Waals surface area (Å²) in [6, 6.07) is 16.7. The van der Waals surface area contributed by atoms with Crippen molar-refractivity contribution in [2.24, 2.45) is 0 Å². The zero-order chi connectivity index (χ0) is 35.2. The van der Waals surface area contributed by atoms with E-state index in [4.69, 9.17) is 28.4 Å². The van der Waals surface area contributed by atoms with Gasteiger partial charge in [-0.05, 0) is 60.5 Å². The monoisotopic (exact) mass is 680 g/mol. The third kappa shape index (κ3) is 7.71. The van der Waals surface area contributed by atoms with Crippen molar-refractivity contribution in [2.75, 3.05) is 66.1 Å². The lowest BCUT2D eigenvalue weighted by atomic mass is 9.99. The van der Waals surface area contributed by atoms with Crippen LogP contribution in [0.15, 0.2) is 54.6 Å². The van der Waals surface area contributed by atoms with Gasteiger partial charge >= 0.3 is 0 Å². The molecule has 0 radical (unpaired) electrons. The SMILES string of the molecule is COc1ccc(/C=C(/C(=O)N2CCN(c3ccc(C)cc3)CC2)c2cc(OC)c(OC)c(OC)c2)cc1O[C@H]1O[C@@H](CO)[C@H](O)[C@@H](O)[C@@H]1O. The Morgan fingerprint density at radius 2 is 1.43 bits per heavy atom. The van der Waals surface area contributed by atoms with Gasteiger partial charge < -0.3 is 58.6 Å². The average Bonchev–Trinajstić information content (AvgIpc) is 3.13. The summed E-state index contributed by atoms with van der Waals surface area (Å²) in [6.07, 6.45) is -5.69. The number of methoxy groups -OCH3 is 4. The van der Waals surface area contributed by atoms with Crippen LogP contribution in [0.25, 0.3) is 11.6 Å². The fourth-order valence-electron chi connectivity index (χ4n) is 5.93. The van der Waals surface area contributed by atoms with Crippen LogP contribution in [0.4, 0.5) is 5.69 Å². The highest BCUT2D eigenvalue weighted by molar-refractivity contribution is 6.24. The molecule has 2 saturated heterocycles. The predicted octanol–water partition coefficient (Wildman–Crippen LogP) is 2.10. The second-order valence-electron chi connectivity index (χ2n) is 11.8. The number of aliphatic hydroxyl groups excluding tert-OH is 4. The van der Waals surface area contributed by atoms with E-state index < -0.39 is 37.3 Å². The predicted molar refractivity (Wildman–Crippen MR) is 181 cm³/mol. The van der Waals surface area contributed by atoms with Crippen molar-refractivity contribution in [3.05, 3.63) is 71.3 Å². The Hall–Kier alpha value is -4.53. The summed E-state index contributed by atoms with van der Waals surface area (Å²) in [5.41, 5.74) is 3.68. The van der Waals surface area contributed by atoms with Crippen molar-refractivity contribution >= 4 is 23.2 Å². The number of carbonyl (C=O) groups excluding carboxylic acids is 1.